The zero-order valence-electron chi connectivity index (χ0n) is 14.6. The quantitative estimate of drug-likeness (QED) is 0.402. The fraction of sp³-hybridized carbons (Fsp3) is 0.600. The van der Waals surface area contributed by atoms with E-state index in [4.69, 9.17) is 4.74 Å². The minimum Gasteiger partial charge on any atom is -0.365 e. The minimum absolute atomic E-state index is 0.0840. The van der Waals surface area contributed by atoms with Gasteiger partial charge < -0.3 is 4.74 Å². The van der Waals surface area contributed by atoms with Crippen molar-refractivity contribution >= 4 is 8.07 Å². The molecule has 1 fully saturated rings. The molecule has 1 aliphatic rings. The van der Waals surface area contributed by atoms with Crippen LogP contribution in [0.15, 0.2) is 30.3 Å². The maximum atomic E-state index is 6.39. The Morgan fingerprint density at radius 2 is 1.86 bits per heavy atom. The van der Waals surface area contributed by atoms with Crippen LogP contribution in [-0.2, 0) is 4.74 Å². The van der Waals surface area contributed by atoms with E-state index in [0.717, 1.165) is 12.8 Å². The molecule has 1 heterocycles. The molecule has 0 N–H and O–H groups in total. The summed E-state index contributed by atoms with van der Waals surface area (Å²) in [4.78, 5) is 0. The van der Waals surface area contributed by atoms with Crippen LogP contribution in [0.3, 0.4) is 0 Å². The van der Waals surface area contributed by atoms with E-state index in [1.165, 1.54) is 24.8 Å². The Morgan fingerprint density at radius 3 is 2.50 bits per heavy atom. The second kappa shape index (κ2) is 7.99. The van der Waals surface area contributed by atoms with Crippen molar-refractivity contribution in [3.8, 4) is 11.8 Å². The highest BCUT2D eigenvalue weighted by molar-refractivity contribution is 6.77. The summed E-state index contributed by atoms with van der Waals surface area (Å²) in [5.74, 6) is 7.26. The van der Waals surface area contributed by atoms with E-state index in [-0.39, 0.29) is 6.10 Å². The van der Waals surface area contributed by atoms with Crippen LogP contribution in [0.1, 0.15) is 50.5 Å². The summed E-state index contributed by atoms with van der Waals surface area (Å²) >= 11 is 0. The summed E-state index contributed by atoms with van der Waals surface area (Å²) in [5, 5.41) is 0. The fourth-order valence-corrected chi connectivity index (χ4v) is 4.54. The van der Waals surface area contributed by atoms with Gasteiger partial charge in [-0.15, -0.1) is 5.92 Å². The third-order valence-corrected chi connectivity index (χ3v) is 6.79. The van der Waals surface area contributed by atoms with Crippen LogP contribution in [0, 0.1) is 11.8 Å². The van der Waals surface area contributed by atoms with Crippen LogP contribution >= 0.6 is 0 Å². The van der Waals surface area contributed by atoms with Crippen molar-refractivity contribution < 1.29 is 4.74 Å². The van der Waals surface area contributed by atoms with Crippen LogP contribution < -0.4 is 0 Å². The molecule has 3 atom stereocenters. The molecule has 0 radical (unpaired) electrons. The van der Waals surface area contributed by atoms with Crippen molar-refractivity contribution in [2.45, 2.75) is 76.4 Å². The molecule has 0 spiro atoms. The van der Waals surface area contributed by atoms with Gasteiger partial charge >= 0.3 is 0 Å². The van der Waals surface area contributed by atoms with Crippen molar-refractivity contribution in [3.05, 3.63) is 35.9 Å². The molecule has 0 bridgehead atoms. The van der Waals surface area contributed by atoms with Gasteiger partial charge in [-0.1, -0.05) is 75.7 Å². The molecule has 1 saturated heterocycles. The summed E-state index contributed by atoms with van der Waals surface area (Å²) in [6.07, 6.45) is 5.97. The van der Waals surface area contributed by atoms with Crippen molar-refractivity contribution in [1.29, 1.82) is 0 Å². The van der Waals surface area contributed by atoms with Gasteiger partial charge in [0.2, 0.25) is 0 Å². The van der Waals surface area contributed by atoms with Gasteiger partial charge in [-0.25, -0.2) is 0 Å². The first-order chi connectivity index (χ1) is 10.5. The highest BCUT2D eigenvalue weighted by atomic mass is 28.3. The molecule has 1 aromatic rings. The molecule has 1 aliphatic heterocycles. The number of hydrogen-bond donors (Lipinski definition) is 0. The van der Waals surface area contributed by atoms with Gasteiger partial charge in [0.25, 0.3) is 0 Å². The Labute approximate surface area is 137 Å². The molecule has 0 saturated carbocycles. The van der Waals surface area contributed by atoms with Crippen molar-refractivity contribution in [1.82, 2.24) is 0 Å². The lowest BCUT2D eigenvalue weighted by Crippen LogP contribution is -2.38. The lowest BCUT2D eigenvalue weighted by molar-refractivity contribution is 0.114. The lowest BCUT2D eigenvalue weighted by atomic mass is 9.92. The standard InChI is InChI=1S/C20H30OSi/c1-5-6-7-8-12-15-19-18(17-13-10-9-11-14-17)16-20(21-19)22(2,3)4/h9-11,13-14,18-20H,5-8,16H2,1-4H3/t18-,19-,20+/m1/s1. The predicted molar refractivity (Wildman–Crippen MR) is 97.7 cm³/mol. The minimum atomic E-state index is -1.29. The number of rotatable bonds is 5. The maximum absolute atomic E-state index is 6.39. The summed E-state index contributed by atoms with van der Waals surface area (Å²) in [5.41, 5.74) is 1.81. The Hall–Kier alpha value is -1.04. The summed E-state index contributed by atoms with van der Waals surface area (Å²) in [6, 6.07) is 10.8. The fourth-order valence-electron chi connectivity index (χ4n) is 3.02. The van der Waals surface area contributed by atoms with Crippen LogP contribution in [0.25, 0.3) is 0 Å². The second-order valence-electron chi connectivity index (χ2n) is 7.44. The third kappa shape index (κ3) is 4.73. The third-order valence-electron chi connectivity index (χ3n) is 4.49. The Kier molecular flexibility index (Phi) is 6.29. The number of ether oxygens (including phenoxy) is 1. The Morgan fingerprint density at radius 1 is 1.14 bits per heavy atom. The monoisotopic (exact) mass is 314 g/mol. The molecule has 0 amide bonds. The lowest BCUT2D eigenvalue weighted by Gasteiger charge is -2.23. The van der Waals surface area contributed by atoms with E-state index in [2.05, 4.69) is 68.7 Å². The van der Waals surface area contributed by atoms with E-state index in [1.807, 2.05) is 0 Å². The zero-order chi connectivity index (χ0) is 16.0. The molecule has 0 unspecified atom stereocenters. The molecule has 1 aromatic carbocycles. The summed E-state index contributed by atoms with van der Waals surface area (Å²) < 4.78 is 6.39. The molecule has 0 aromatic heterocycles. The topological polar surface area (TPSA) is 9.23 Å². The van der Waals surface area contributed by atoms with Crippen LogP contribution in [0.2, 0.25) is 19.6 Å². The number of benzene rings is 1. The molecule has 120 valence electrons. The number of hydrogen-bond acceptors (Lipinski definition) is 1. The first kappa shape index (κ1) is 17.3. The predicted octanol–water partition coefficient (Wildman–Crippen LogP) is 5.39. The molecular formula is C20H30OSi. The zero-order valence-corrected chi connectivity index (χ0v) is 15.6. The van der Waals surface area contributed by atoms with Gasteiger partial charge in [-0.05, 0) is 18.4 Å². The summed E-state index contributed by atoms with van der Waals surface area (Å²) in [7, 11) is -1.29. The van der Waals surface area contributed by atoms with E-state index in [1.54, 1.807) is 0 Å². The molecular weight excluding hydrogens is 284 g/mol. The number of unbranched alkanes of at least 4 members (excludes halogenated alkanes) is 3. The van der Waals surface area contributed by atoms with Gasteiger partial charge in [0, 0.05) is 12.3 Å². The Balaban J connectivity index is 2.09. The molecule has 2 heteroatoms. The van der Waals surface area contributed by atoms with Crippen molar-refractivity contribution in [2.24, 2.45) is 0 Å². The van der Waals surface area contributed by atoms with Gasteiger partial charge in [-0.3, -0.25) is 0 Å². The summed E-state index contributed by atoms with van der Waals surface area (Å²) in [6.45, 7) is 9.43. The highest BCUT2D eigenvalue weighted by Gasteiger charge is 2.41. The molecule has 2 rings (SSSR count). The smallest absolute Gasteiger partial charge is 0.125 e. The normalized spacial score (nSPS) is 24.8. The van der Waals surface area contributed by atoms with E-state index in [0.29, 0.717) is 11.6 Å². The van der Waals surface area contributed by atoms with E-state index >= 15 is 0 Å². The maximum Gasteiger partial charge on any atom is 0.125 e. The van der Waals surface area contributed by atoms with Gasteiger partial charge in [0.15, 0.2) is 0 Å². The van der Waals surface area contributed by atoms with Crippen LogP contribution in [0.5, 0.6) is 0 Å². The average molecular weight is 315 g/mol. The molecule has 1 nitrogen and oxygen atoms in total. The first-order valence-electron chi connectivity index (χ1n) is 8.71. The largest absolute Gasteiger partial charge is 0.365 e. The van der Waals surface area contributed by atoms with Crippen LogP contribution in [-0.4, -0.2) is 19.9 Å². The highest BCUT2D eigenvalue weighted by Crippen LogP contribution is 2.38. The van der Waals surface area contributed by atoms with Crippen molar-refractivity contribution in [3.63, 3.8) is 0 Å². The second-order valence-corrected chi connectivity index (χ2v) is 12.8. The average Bonchev–Trinajstić information content (AvgIpc) is 2.92. The SMILES string of the molecule is CCCCCC#C[C@H]1O[C@@H]([Si](C)(C)C)C[C@@H]1c1ccccc1. The molecule has 22 heavy (non-hydrogen) atoms. The van der Waals surface area contributed by atoms with Gasteiger partial charge in [0.1, 0.15) is 6.10 Å². The van der Waals surface area contributed by atoms with Gasteiger partial charge in [0.05, 0.1) is 13.8 Å². The van der Waals surface area contributed by atoms with Crippen LogP contribution in [0.4, 0.5) is 0 Å². The van der Waals surface area contributed by atoms with Gasteiger partial charge in [-0.2, -0.15) is 0 Å². The molecule has 0 aliphatic carbocycles. The van der Waals surface area contributed by atoms with Crippen molar-refractivity contribution in [2.75, 3.05) is 0 Å². The Bertz CT molecular complexity index is 506. The van der Waals surface area contributed by atoms with E-state index < -0.39 is 8.07 Å². The van der Waals surface area contributed by atoms with E-state index in [9.17, 15) is 0 Å². The first-order valence-corrected chi connectivity index (χ1v) is 12.3.